The zero-order chi connectivity index (χ0) is 7.56. The minimum absolute atomic E-state index is 1.18. The van der Waals surface area contributed by atoms with E-state index in [9.17, 15) is 0 Å². The molecule has 3 heteroatoms. The number of thiophene rings is 1. The van der Waals surface area contributed by atoms with Crippen molar-refractivity contribution in [3.8, 4) is 0 Å². The third-order valence-corrected chi connectivity index (χ3v) is 4.91. The van der Waals surface area contributed by atoms with Crippen molar-refractivity contribution >= 4 is 43.2 Å². The quantitative estimate of drug-likeness (QED) is 0.762. The SMILES string of the molecule is CCCc1scc(Br)c1Br. The van der Waals surface area contributed by atoms with Gasteiger partial charge in [0, 0.05) is 19.2 Å². The van der Waals surface area contributed by atoms with E-state index in [-0.39, 0.29) is 0 Å². The molecule has 0 aliphatic rings. The van der Waals surface area contributed by atoms with E-state index in [2.05, 4.69) is 44.2 Å². The summed E-state index contributed by atoms with van der Waals surface area (Å²) >= 11 is 8.77. The standard InChI is InChI=1S/C7H8Br2S/c1-2-3-6-7(9)5(8)4-10-6/h4H,2-3H2,1H3. The molecule has 0 saturated carbocycles. The smallest absolute Gasteiger partial charge is 0.0456 e. The lowest BCUT2D eigenvalue weighted by Crippen LogP contribution is -1.75. The van der Waals surface area contributed by atoms with Crippen LogP contribution in [0.5, 0.6) is 0 Å². The maximum atomic E-state index is 3.51. The maximum Gasteiger partial charge on any atom is 0.0456 e. The molecule has 0 unspecified atom stereocenters. The summed E-state index contributed by atoms with van der Waals surface area (Å²) in [6.45, 7) is 2.19. The molecule has 56 valence electrons. The molecule has 1 aromatic rings. The molecule has 10 heavy (non-hydrogen) atoms. The van der Waals surface area contributed by atoms with Gasteiger partial charge in [0.05, 0.1) is 0 Å². The number of hydrogen-bond donors (Lipinski definition) is 0. The van der Waals surface area contributed by atoms with E-state index in [0.29, 0.717) is 0 Å². The Morgan fingerprint density at radius 1 is 1.50 bits per heavy atom. The predicted octanol–water partition coefficient (Wildman–Crippen LogP) is 4.23. The van der Waals surface area contributed by atoms with Crippen LogP contribution in [0, 0.1) is 0 Å². The van der Waals surface area contributed by atoms with Gasteiger partial charge in [-0.1, -0.05) is 13.3 Å². The van der Waals surface area contributed by atoms with Crippen LogP contribution in [0.15, 0.2) is 14.3 Å². The van der Waals surface area contributed by atoms with Crippen molar-refractivity contribution in [2.45, 2.75) is 19.8 Å². The molecule has 0 aliphatic carbocycles. The van der Waals surface area contributed by atoms with Gasteiger partial charge >= 0.3 is 0 Å². The van der Waals surface area contributed by atoms with Gasteiger partial charge in [0.1, 0.15) is 0 Å². The van der Waals surface area contributed by atoms with Crippen LogP contribution in [-0.4, -0.2) is 0 Å². The van der Waals surface area contributed by atoms with Gasteiger partial charge in [0.25, 0.3) is 0 Å². The van der Waals surface area contributed by atoms with Crippen LogP contribution in [0.1, 0.15) is 18.2 Å². The summed E-state index contributed by atoms with van der Waals surface area (Å²) in [6, 6.07) is 0. The van der Waals surface area contributed by atoms with Crippen LogP contribution in [0.4, 0.5) is 0 Å². The van der Waals surface area contributed by atoms with Crippen molar-refractivity contribution in [3.63, 3.8) is 0 Å². The number of halogens is 2. The summed E-state index contributed by atoms with van der Waals surface area (Å²) in [6.07, 6.45) is 2.39. The van der Waals surface area contributed by atoms with Gasteiger partial charge < -0.3 is 0 Å². The fourth-order valence-corrected chi connectivity index (χ4v) is 3.05. The highest BCUT2D eigenvalue weighted by atomic mass is 79.9. The second kappa shape index (κ2) is 3.88. The molecule has 0 fully saturated rings. The zero-order valence-electron chi connectivity index (χ0n) is 5.66. The molecule has 0 bridgehead atoms. The van der Waals surface area contributed by atoms with Crippen LogP contribution in [0.2, 0.25) is 0 Å². The average Bonchev–Trinajstić information content (AvgIpc) is 2.20. The third kappa shape index (κ3) is 1.83. The molecule has 0 radical (unpaired) electrons. The summed E-state index contributed by atoms with van der Waals surface area (Å²) in [4.78, 5) is 1.44. The first-order valence-electron chi connectivity index (χ1n) is 3.17. The van der Waals surface area contributed by atoms with Crippen molar-refractivity contribution in [1.82, 2.24) is 0 Å². The minimum Gasteiger partial charge on any atom is -0.146 e. The number of rotatable bonds is 2. The fourth-order valence-electron chi connectivity index (χ4n) is 0.755. The van der Waals surface area contributed by atoms with E-state index >= 15 is 0 Å². The average molecular weight is 284 g/mol. The van der Waals surface area contributed by atoms with Crippen molar-refractivity contribution in [2.24, 2.45) is 0 Å². The van der Waals surface area contributed by atoms with Gasteiger partial charge in [-0.2, -0.15) is 0 Å². The summed E-state index contributed by atoms with van der Waals surface area (Å²) in [5, 5.41) is 2.12. The fraction of sp³-hybridized carbons (Fsp3) is 0.429. The molecule has 0 nitrogen and oxygen atoms in total. The lowest BCUT2D eigenvalue weighted by molar-refractivity contribution is 0.935. The zero-order valence-corrected chi connectivity index (χ0v) is 9.64. The summed E-state index contributed by atoms with van der Waals surface area (Å²) < 4.78 is 2.42. The number of aryl methyl sites for hydroxylation is 1. The summed E-state index contributed by atoms with van der Waals surface area (Å²) in [5.74, 6) is 0. The van der Waals surface area contributed by atoms with Crippen LogP contribution in [0.25, 0.3) is 0 Å². The molecule has 0 saturated heterocycles. The maximum absolute atomic E-state index is 3.51. The minimum atomic E-state index is 1.18. The Hall–Kier alpha value is 0.660. The highest BCUT2D eigenvalue weighted by Crippen LogP contribution is 2.33. The largest absolute Gasteiger partial charge is 0.146 e. The highest BCUT2D eigenvalue weighted by molar-refractivity contribution is 9.13. The van der Waals surface area contributed by atoms with Gasteiger partial charge in [-0.25, -0.2) is 0 Å². The molecule has 1 heterocycles. The van der Waals surface area contributed by atoms with Crippen molar-refractivity contribution in [2.75, 3.05) is 0 Å². The molecule has 0 spiro atoms. The Labute approximate surface area is 81.9 Å². The molecule has 0 atom stereocenters. The summed E-state index contributed by atoms with van der Waals surface area (Å²) in [5.41, 5.74) is 0. The van der Waals surface area contributed by atoms with Crippen molar-refractivity contribution in [3.05, 3.63) is 19.2 Å². The molecular formula is C7H8Br2S. The molecule has 1 aromatic heterocycles. The van der Waals surface area contributed by atoms with Crippen molar-refractivity contribution < 1.29 is 0 Å². The lowest BCUT2D eigenvalue weighted by atomic mass is 10.3. The van der Waals surface area contributed by atoms with Crippen LogP contribution in [0.3, 0.4) is 0 Å². The van der Waals surface area contributed by atoms with Gasteiger partial charge in [0.2, 0.25) is 0 Å². The molecular weight excluding hydrogens is 276 g/mol. The monoisotopic (exact) mass is 282 g/mol. The molecule has 0 aliphatic heterocycles. The van der Waals surface area contributed by atoms with E-state index in [1.165, 1.54) is 26.7 Å². The van der Waals surface area contributed by atoms with Crippen LogP contribution >= 0.6 is 43.2 Å². The van der Waals surface area contributed by atoms with Gasteiger partial charge in [-0.15, -0.1) is 11.3 Å². The third-order valence-electron chi connectivity index (χ3n) is 1.24. The van der Waals surface area contributed by atoms with Gasteiger partial charge in [-0.3, -0.25) is 0 Å². The second-order valence-corrected chi connectivity index (χ2v) is 4.68. The van der Waals surface area contributed by atoms with Crippen LogP contribution in [-0.2, 0) is 6.42 Å². The lowest BCUT2D eigenvalue weighted by Gasteiger charge is -1.92. The first kappa shape index (κ1) is 8.75. The Balaban J connectivity index is 2.83. The topological polar surface area (TPSA) is 0 Å². The first-order chi connectivity index (χ1) is 4.75. The molecule has 0 amide bonds. The Morgan fingerprint density at radius 3 is 2.60 bits per heavy atom. The number of hydrogen-bond acceptors (Lipinski definition) is 1. The van der Waals surface area contributed by atoms with Crippen molar-refractivity contribution in [1.29, 1.82) is 0 Å². The summed E-state index contributed by atoms with van der Waals surface area (Å²) in [7, 11) is 0. The highest BCUT2D eigenvalue weighted by Gasteiger charge is 2.04. The van der Waals surface area contributed by atoms with E-state index in [4.69, 9.17) is 0 Å². The predicted molar refractivity (Wildman–Crippen MR) is 53.7 cm³/mol. The Bertz CT molecular complexity index is 217. The van der Waals surface area contributed by atoms with Gasteiger partial charge in [0.15, 0.2) is 0 Å². The normalized spacial score (nSPS) is 10.3. The van der Waals surface area contributed by atoms with E-state index in [0.717, 1.165) is 0 Å². The van der Waals surface area contributed by atoms with Gasteiger partial charge in [-0.05, 0) is 38.3 Å². The molecule has 0 aromatic carbocycles. The molecule has 0 N–H and O–H groups in total. The van der Waals surface area contributed by atoms with E-state index < -0.39 is 0 Å². The van der Waals surface area contributed by atoms with E-state index in [1.807, 2.05) is 0 Å². The Morgan fingerprint density at radius 2 is 2.20 bits per heavy atom. The van der Waals surface area contributed by atoms with Crippen LogP contribution < -0.4 is 0 Å². The van der Waals surface area contributed by atoms with E-state index in [1.54, 1.807) is 11.3 Å². The molecule has 1 rings (SSSR count). The second-order valence-electron chi connectivity index (χ2n) is 2.07. The first-order valence-corrected chi connectivity index (χ1v) is 5.63. The Kier molecular flexibility index (Phi) is 3.40.